The molecule has 8 heteroatoms. The van der Waals surface area contributed by atoms with Gasteiger partial charge in [0, 0.05) is 18.2 Å². The molecule has 1 aliphatic carbocycles. The summed E-state index contributed by atoms with van der Waals surface area (Å²) in [5.74, 6) is -0.613. The van der Waals surface area contributed by atoms with Gasteiger partial charge in [-0.15, -0.1) is 0 Å². The molecule has 45 heavy (non-hydrogen) atoms. The van der Waals surface area contributed by atoms with Crippen LogP contribution < -0.4 is 10.6 Å². The van der Waals surface area contributed by atoms with Crippen LogP contribution in [0.25, 0.3) is 10.8 Å². The summed E-state index contributed by atoms with van der Waals surface area (Å²) < 4.78 is 5.54. The number of phenolic OH excluding ortho intramolecular Hbond substituents is 1. The smallest absolute Gasteiger partial charge is 0.408 e. The van der Waals surface area contributed by atoms with Gasteiger partial charge in [-0.05, 0) is 93.1 Å². The number of carbonyl (C=O) groups excluding carboxylic acids is 3. The number of fused-ring (bicyclic) bond motifs is 1. The number of rotatable bonds is 9. The second-order valence-electron chi connectivity index (χ2n) is 12.8. The van der Waals surface area contributed by atoms with E-state index < -0.39 is 23.8 Å². The summed E-state index contributed by atoms with van der Waals surface area (Å²) in [6, 6.07) is 25.7. The van der Waals surface area contributed by atoms with Crippen LogP contribution in [-0.2, 0) is 20.7 Å². The fraction of sp³-hybridized carbons (Fsp3) is 0.324. The monoisotopic (exact) mass is 607 g/mol. The average Bonchev–Trinajstić information content (AvgIpc) is 2.95. The van der Waals surface area contributed by atoms with Crippen molar-refractivity contribution in [3.8, 4) is 5.75 Å². The Morgan fingerprint density at radius 3 is 2.27 bits per heavy atom. The van der Waals surface area contributed by atoms with Crippen LogP contribution in [-0.4, -0.2) is 45.6 Å². The van der Waals surface area contributed by atoms with Gasteiger partial charge in [0.05, 0.1) is 0 Å². The number of hydrogen-bond donors (Lipinski definition) is 3. The molecule has 0 aliphatic heterocycles. The fourth-order valence-electron chi connectivity index (χ4n) is 5.64. The van der Waals surface area contributed by atoms with Gasteiger partial charge in [-0.2, -0.15) is 0 Å². The van der Waals surface area contributed by atoms with Gasteiger partial charge in [-0.1, -0.05) is 72.3 Å². The van der Waals surface area contributed by atoms with Crippen LogP contribution in [0.4, 0.5) is 10.5 Å². The molecular formula is C37H41N3O5. The Balaban J connectivity index is 1.53. The van der Waals surface area contributed by atoms with E-state index in [0.717, 1.165) is 41.2 Å². The molecule has 1 aliphatic rings. The Morgan fingerprint density at radius 2 is 1.62 bits per heavy atom. The number of anilines is 1. The third-order valence-electron chi connectivity index (χ3n) is 7.99. The number of aryl methyl sites for hydroxylation is 1. The molecule has 3 amide bonds. The third-order valence-corrected chi connectivity index (χ3v) is 7.99. The van der Waals surface area contributed by atoms with Crippen LogP contribution >= 0.6 is 0 Å². The van der Waals surface area contributed by atoms with E-state index in [1.54, 1.807) is 49.9 Å². The van der Waals surface area contributed by atoms with Gasteiger partial charge >= 0.3 is 6.09 Å². The summed E-state index contributed by atoms with van der Waals surface area (Å²) >= 11 is 0. The number of phenols is 1. The van der Waals surface area contributed by atoms with Crippen molar-refractivity contribution < 1.29 is 24.2 Å². The number of carbonyl (C=O) groups is 3. The molecule has 0 aromatic heterocycles. The lowest BCUT2D eigenvalue weighted by Gasteiger charge is -2.43. The van der Waals surface area contributed by atoms with E-state index in [1.165, 1.54) is 0 Å². The largest absolute Gasteiger partial charge is 0.508 e. The molecule has 2 unspecified atom stereocenters. The van der Waals surface area contributed by atoms with E-state index in [1.807, 2.05) is 73.7 Å². The molecule has 4 aromatic carbocycles. The number of amides is 3. The van der Waals surface area contributed by atoms with Gasteiger partial charge in [-0.3, -0.25) is 9.59 Å². The highest BCUT2D eigenvalue weighted by molar-refractivity contribution is 6.00. The van der Waals surface area contributed by atoms with Crippen molar-refractivity contribution in [1.82, 2.24) is 10.2 Å². The van der Waals surface area contributed by atoms with E-state index >= 15 is 0 Å². The van der Waals surface area contributed by atoms with Crippen molar-refractivity contribution in [2.75, 3.05) is 5.32 Å². The zero-order valence-corrected chi connectivity index (χ0v) is 26.2. The van der Waals surface area contributed by atoms with Crippen LogP contribution in [0.5, 0.6) is 5.75 Å². The molecule has 0 heterocycles. The maximum atomic E-state index is 14.7. The lowest BCUT2D eigenvalue weighted by atomic mass is 9.87. The molecule has 1 saturated carbocycles. The summed E-state index contributed by atoms with van der Waals surface area (Å²) in [7, 11) is 0. The minimum Gasteiger partial charge on any atom is -0.508 e. The van der Waals surface area contributed by atoms with Crippen molar-refractivity contribution in [1.29, 1.82) is 0 Å². The van der Waals surface area contributed by atoms with Gasteiger partial charge < -0.3 is 25.4 Å². The normalized spacial score (nSPS) is 14.6. The van der Waals surface area contributed by atoms with Crippen molar-refractivity contribution in [3.05, 3.63) is 108 Å². The van der Waals surface area contributed by atoms with Crippen LogP contribution in [0.3, 0.4) is 0 Å². The van der Waals surface area contributed by atoms with Gasteiger partial charge in [0.2, 0.25) is 5.91 Å². The zero-order chi connectivity index (χ0) is 32.1. The number of ether oxygens (including phenoxy) is 1. The first-order chi connectivity index (χ1) is 21.5. The minimum atomic E-state index is -1.02. The molecule has 1 fully saturated rings. The molecule has 0 saturated heterocycles. The lowest BCUT2D eigenvalue weighted by Crippen LogP contribution is -2.57. The van der Waals surface area contributed by atoms with E-state index in [-0.39, 0.29) is 30.0 Å². The standard InChI is InChI=1S/C37H41N3O5/c1-24-9-7-12-28(21-24)33(34(42)38-29-18-17-26-10-5-6-11-27(26)23-29)40(30-13-8-14-30)35(43)32(39-36(44)45-37(2,3)4)22-25-15-19-31(41)20-16-25/h5-7,9-12,15-21,23,30,32-33,41H,8,13-14,22H2,1-4H3,(H,38,42)(H,39,44). The molecule has 8 nitrogen and oxygen atoms in total. The second kappa shape index (κ2) is 13.4. The molecular weight excluding hydrogens is 566 g/mol. The van der Waals surface area contributed by atoms with Crippen LogP contribution in [0.2, 0.25) is 0 Å². The van der Waals surface area contributed by atoms with E-state index in [9.17, 15) is 19.5 Å². The van der Waals surface area contributed by atoms with E-state index in [2.05, 4.69) is 10.6 Å². The highest BCUT2D eigenvalue weighted by Crippen LogP contribution is 2.35. The summed E-state index contributed by atoms with van der Waals surface area (Å²) in [6.07, 6.45) is 1.85. The van der Waals surface area contributed by atoms with Gasteiger partial charge in [0.1, 0.15) is 23.4 Å². The van der Waals surface area contributed by atoms with Crippen LogP contribution in [0.1, 0.15) is 62.8 Å². The number of benzene rings is 4. The maximum absolute atomic E-state index is 14.7. The van der Waals surface area contributed by atoms with Crippen molar-refractivity contribution in [2.24, 2.45) is 0 Å². The van der Waals surface area contributed by atoms with Crippen molar-refractivity contribution in [3.63, 3.8) is 0 Å². The van der Waals surface area contributed by atoms with Crippen molar-refractivity contribution >= 4 is 34.4 Å². The molecule has 3 N–H and O–H groups in total. The predicted octanol–water partition coefficient (Wildman–Crippen LogP) is 7.05. The lowest BCUT2D eigenvalue weighted by molar-refractivity contribution is -0.145. The topological polar surface area (TPSA) is 108 Å². The summed E-state index contributed by atoms with van der Waals surface area (Å²) in [5, 5.41) is 17.8. The number of alkyl carbamates (subject to hydrolysis) is 1. The first-order valence-corrected chi connectivity index (χ1v) is 15.4. The van der Waals surface area contributed by atoms with Crippen LogP contribution in [0, 0.1) is 6.92 Å². The number of nitrogens with one attached hydrogen (secondary N) is 2. The van der Waals surface area contributed by atoms with E-state index in [0.29, 0.717) is 11.3 Å². The number of aromatic hydroxyl groups is 1. The summed E-state index contributed by atoms with van der Waals surface area (Å²) in [6.45, 7) is 7.23. The highest BCUT2D eigenvalue weighted by atomic mass is 16.6. The average molecular weight is 608 g/mol. The molecule has 2 atom stereocenters. The Hall–Kier alpha value is -4.85. The minimum absolute atomic E-state index is 0.0997. The predicted molar refractivity (Wildman–Crippen MR) is 176 cm³/mol. The molecule has 0 spiro atoms. The van der Waals surface area contributed by atoms with Gasteiger partial charge in [0.15, 0.2) is 0 Å². The Bertz CT molecular complexity index is 1670. The summed E-state index contributed by atoms with van der Waals surface area (Å²) in [5.41, 5.74) is 2.25. The zero-order valence-electron chi connectivity index (χ0n) is 26.2. The molecule has 0 radical (unpaired) electrons. The fourth-order valence-corrected chi connectivity index (χ4v) is 5.64. The molecule has 4 aromatic rings. The van der Waals surface area contributed by atoms with Crippen molar-refractivity contribution in [2.45, 2.75) is 77.1 Å². The Morgan fingerprint density at radius 1 is 0.911 bits per heavy atom. The quantitative estimate of drug-likeness (QED) is 0.189. The number of nitrogens with zero attached hydrogens (tertiary/aromatic N) is 1. The molecule has 234 valence electrons. The maximum Gasteiger partial charge on any atom is 0.408 e. The first-order valence-electron chi connectivity index (χ1n) is 15.4. The SMILES string of the molecule is Cc1cccc(C(C(=O)Nc2ccc3ccccc3c2)N(C(=O)C(Cc2ccc(O)cc2)NC(=O)OC(C)(C)C)C2CCC2)c1. The third kappa shape index (κ3) is 8.01. The second-order valence-corrected chi connectivity index (χ2v) is 12.8. The van der Waals surface area contributed by atoms with E-state index in [4.69, 9.17) is 4.74 Å². The Kier molecular flexibility index (Phi) is 9.42. The molecule has 0 bridgehead atoms. The summed E-state index contributed by atoms with van der Waals surface area (Å²) in [4.78, 5) is 43.7. The van der Waals surface area contributed by atoms with Gasteiger partial charge in [-0.25, -0.2) is 4.79 Å². The number of hydrogen-bond acceptors (Lipinski definition) is 5. The molecule has 5 rings (SSSR count). The first kappa shape index (κ1) is 31.6. The highest BCUT2D eigenvalue weighted by Gasteiger charge is 2.42. The van der Waals surface area contributed by atoms with Gasteiger partial charge in [0.25, 0.3) is 5.91 Å². The Labute approximate surface area is 264 Å². The van der Waals surface area contributed by atoms with Crippen LogP contribution in [0.15, 0.2) is 91.0 Å².